The number of hydrogen-bond acceptors (Lipinski definition) is 3. The molecular formula is C9H7BrN2O2. The smallest absolute Gasteiger partial charge is 0.258 e. The van der Waals surface area contributed by atoms with Crippen LogP contribution >= 0.6 is 15.9 Å². The lowest BCUT2D eigenvalue weighted by Gasteiger charge is -2.02. The highest BCUT2D eigenvalue weighted by Crippen LogP contribution is 2.24. The lowest BCUT2D eigenvalue weighted by atomic mass is 10.1. The molecule has 0 radical (unpaired) electrons. The topological polar surface area (TPSA) is 66.9 Å². The molecule has 72 valence electrons. The summed E-state index contributed by atoms with van der Waals surface area (Å²) in [5.74, 6) is 0. The van der Waals surface area contributed by atoms with E-state index in [0.717, 1.165) is 11.1 Å². The second-order valence-electron chi connectivity index (χ2n) is 2.80. The number of halogens is 1. The third kappa shape index (κ3) is 1.91. The molecule has 14 heavy (non-hydrogen) atoms. The van der Waals surface area contributed by atoms with Gasteiger partial charge in [-0.2, -0.15) is 5.26 Å². The Bertz CT molecular complexity index is 424. The molecule has 0 fully saturated rings. The van der Waals surface area contributed by atoms with Crippen molar-refractivity contribution in [2.24, 2.45) is 0 Å². The first-order valence-corrected chi connectivity index (χ1v) is 4.96. The van der Waals surface area contributed by atoms with Crippen LogP contribution in [-0.4, -0.2) is 4.92 Å². The first kappa shape index (κ1) is 10.7. The van der Waals surface area contributed by atoms with Gasteiger partial charge in [0.1, 0.15) is 11.6 Å². The Morgan fingerprint density at radius 1 is 1.64 bits per heavy atom. The summed E-state index contributed by atoms with van der Waals surface area (Å²) in [4.78, 5) is 10.1. The largest absolute Gasteiger partial charge is 0.287 e. The van der Waals surface area contributed by atoms with Crippen LogP contribution < -0.4 is 0 Å². The Balaban J connectivity index is 3.42. The van der Waals surface area contributed by atoms with Crippen molar-refractivity contribution in [2.75, 3.05) is 0 Å². The standard InChI is InChI=1S/C9H7BrN2O2/c1-6-2-8(5-11)9(12(13)14)3-7(6)4-10/h2-3H,4H2,1H3. The molecule has 0 aliphatic carbocycles. The van der Waals surface area contributed by atoms with Crippen LogP contribution in [0.15, 0.2) is 12.1 Å². The summed E-state index contributed by atoms with van der Waals surface area (Å²) in [5, 5.41) is 19.8. The van der Waals surface area contributed by atoms with E-state index in [2.05, 4.69) is 15.9 Å². The summed E-state index contributed by atoms with van der Waals surface area (Å²) >= 11 is 3.23. The highest BCUT2D eigenvalue weighted by molar-refractivity contribution is 9.08. The van der Waals surface area contributed by atoms with E-state index < -0.39 is 4.92 Å². The fraction of sp³-hybridized carbons (Fsp3) is 0.222. The Hall–Kier alpha value is -1.41. The van der Waals surface area contributed by atoms with Gasteiger partial charge in [-0.15, -0.1) is 0 Å². The molecule has 0 aliphatic heterocycles. The summed E-state index contributed by atoms with van der Waals surface area (Å²) in [7, 11) is 0. The van der Waals surface area contributed by atoms with Gasteiger partial charge in [0.15, 0.2) is 0 Å². The minimum absolute atomic E-state index is 0.109. The maximum Gasteiger partial charge on any atom is 0.287 e. The second kappa shape index (κ2) is 4.20. The van der Waals surface area contributed by atoms with Crippen molar-refractivity contribution in [3.05, 3.63) is 38.9 Å². The fourth-order valence-corrected chi connectivity index (χ4v) is 1.73. The van der Waals surface area contributed by atoms with Crippen molar-refractivity contribution in [1.82, 2.24) is 0 Å². The molecule has 0 saturated heterocycles. The van der Waals surface area contributed by atoms with Gasteiger partial charge in [0, 0.05) is 11.4 Å². The van der Waals surface area contributed by atoms with E-state index in [4.69, 9.17) is 5.26 Å². The van der Waals surface area contributed by atoms with Crippen LogP contribution in [0.2, 0.25) is 0 Å². The van der Waals surface area contributed by atoms with E-state index in [9.17, 15) is 10.1 Å². The normalized spacial score (nSPS) is 9.50. The first-order chi connectivity index (χ1) is 6.60. The highest BCUT2D eigenvalue weighted by atomic mass is 79.9. The molecule has 1 aromatic rings. The maximum absolute atomic E-state index is 10.6. The molecular weight excluding hydrogens is 248 g/mol. The second-order valence-corrected chi connectivity index (χ2v) is 3.36. The third-order valence-corrected chi connectivity index (χ3v) is 2.52. The summed E-state index contributed by atoms with van der Waals surface area (Å²) in [6.07, 6.45) is 0. The first-order valence-electron chi connectivity index (χ1n) is 3.84. The van der Waals surface area contributed by atoms with Gasteiger partial charge in [0.25, 0.3) is 5.69 Å². The molecule has 0 aromatic heterocycles. The molecule has 0 aliphatic rings. The number of hydrogen-bond donors (Lipinski definition) is 0. The number of nitro groups is 1. The lowest BCUT2D eigenvalue weighted by Crippen LogP contribution is -1.96. The van der Waals surface area contributed by atoms with Gasteiger partial charge in [-0.3, -0.25) is 10.1 Å². The summed E-state index contributed by atoms with van der Waals surface area (Å²) < 4.78 is 0. The van der Waals surface area contributed by atoms with Gasteiger partial charge >= 0.3 is 0 Å². The number of aryl methyl sites for hydroxylation is 1. The third-order valence-electron chi connectivity index (χ3n) is 1.92. The van der Waals surface area contributed by atoms with Gasteiger partial charge in [0.2, 0.25) is 0 Å². The van der Waals surface area contributed by atoms with Gasteiger partial charge in [0.05, 0.1) is 4.92 Å². The molecule has 4 nitrogen and oxygen atoms in total. The van der Waals surface area contributed by atoms with Crippen LogP contribution in [0.3, 0.4) is 0 Å². The predicted molar refractivity (Wildman–Crippen MR) is 55.2 cm³/mol. The molecule has 0 unspecified atom stereocenters. The Morgan fingerprint density at radius 3 is 2.71 bits per heavy atom. The van der Waals surface area contributed by atoms with Crippen LogP contribution in [0.4, 0.5) is 5.69 Å². The van der Waals surface area contributed by atoms with Gasteiger partial charge < -0.3 is 0 Å². The van der Waals surface area contributed by atoms with Crippen LogP contribution in [0.25, 0.3) is 0 Å². The highest BCUT2D eigenvalue weighted by Gasteiger charge is 2.15. The summed E-state index contributed by atoms with van der Waals surface area (Å²) in [5.41, 5.74) is 1.68. The molecule has 0 bridgehead atoms. The zero-order valence-electron chi connectivity index (χ0n) is 7.45. The van der Waals surface area contributed by atoms with Crippen molar-refractivity contribution < 1.29 is 4.92 Å². The van der Waals surface area contributed by atoms with E-state index in [1.165, 1.54) is 12.1 Å². The van der Waals surface area contributed by atoms with E-state index >= 15 is 0 Å². The van der Waals surface area contributed by atoms with Crippen molar-refractivity contribution in [3.8, 4) is 6.07 Å². The van der Waals surface area contributed by atoms with Crippen molar-refractivity contribution in [1.29, 1.82) is 5.26 Å². The molecule has 0 atom stereocenters. The van der Waals surface area contributed by atoms with Crippen LogP contribution in [0.1, 0.15) is 16.7 Å². The van der Waals surface area contributed by atoms with E-state index in [1.807, 2.05) is 13.0 Å². The maximum atomic E-state index is 10.6. The predicted octanol–water partition coefficient (Wildman–Crippen LogP) is 2.67. The zero-order valence-corrected chi connectivity index (χ0v) is 9.04. The van der Waals surface area contributed by atoms with E-state index in [-0.39, 0.29) is 11.3 Å². The number of benzene rings is 1. The van der Waals surface area contributed by atoms with Crippen LogP contribution in [0, 0.1) is 28.4 Å². The monoisotopic (exact) mass is 254 g/mol. The molecule has 0 spiro atoms. The Labute approximate surface area is 89.4 Å². The Kier molecular flexibility index (Phi) is 3.20. The van der Waals surface area contributed by atoms with Crippen LogP contribution in [0.5, 0.6) is 0 Å². The number of nitrogens with zero attached hydrogens (tertiary/aromatic N) is 2. The van der Waals surface area contributed by atoms with Crippen molar-refractivity contribution >= 4 is 21.6 Å². The fourth-order valence-electron chi connectivity index (χ4n) is 1.12. The number of alkyl halides is 1. The molecule has 1 rings (SSSR count). The minimum Gasteiger partial charge on any atom is -0.258 e. The number of rotatable bonds is 2. The van der Waals surface area contributed by atoms with Gasteiger partial charge in [-0.25, -0.2) is 0 Å². The SMILES string of the molecule is Cc1cc(C#N)c([N+](=O)[O-])cc1CBr. The zero-order chi connectivity index (χ0) is 10.7. The minimum atomic E-state index is -0.538. The quantitative estimate of drug-likeness (QED) is 0.463. The molecule has 5 heteroatoms. The Morgan fingerprint density at radius 2 is 2.29 bits per heavy atom. The van der Waals surface area contributed by atoms with E-state index in [0.29, 0.717) is 5.33 Å². The molecule has 0 heterocycles. The lowest BCUT2D eigenvalue weighted by molar-refractivity contribution is -0.385. The van der Waals surface area contributed by atoms with Gasteiger partial charge in [-0.1, -0.05) is 15.9 Å². The summed E-state index contributed by atoms with van der Waals surface area (Å²) in [6, 6.07) is 4.78. The van der Waals surface area contributed by atoms with Crippen LogP contribution in [-0.2, 0) is 5.33 Å². The van der Waals surface area contributed by atoms with Gasteiger partial charge in [-0.05, 0) is 24.1 Å². The average Bonchev–Trinajstić information content (AvgIpc) is 2.16. The van der Waals surface area contributed by atoms with Crippen molar-refractivity contribution in [2.45, 2.75) is 12.3 Å². The summed E-state index contributed by atoms with van der Waals surface area (Å²) in [6.45, 7) is 1.82. The molecule has 0 amide bonds. The van der Waals surface area contributed by atoms with E-state index in [1.54, 1.807) is 0 Å². The number of nitriles is 1. The molecule has 0 saturated carbocycles. The van der Waals surface area contributed by atoms with Crippen molar-refractivity contribution in [3.63, 3.8) is 0 Å². The average molecular weight is 255 g/mol. The number of nitro benzene ring substituents is 1. The molecule has 0 N–H and O–H groups in total. The molecule has 1 aromatic carbocycles.